The Morgan fingerprint density at radius 3 is 2.26 bits per heavy atom. The van der Waals surface area contributed by atoms with Crippen LogP contribution in [0.4, 0.5) is 0 Å². The Bertz CT molecular complexity index is 492. The molecule has 156 valence electrons. The Balaban J connectivity index is 1.60. The fourth-order valence-corrected chi connectivity index (χ4v) is 6.15. The molecule has 2 rings (SSSR count). The van der Waals surface area contributed by atoms with Crippen molar-refractivity contribution in [1.29, 1.82) is 0 Å². The molecule has 4 heteroatoms. The van der Waals surface area contributed by atoms with Crippen LogP contribution in [0.3, 0.4) is 0 Å². The number of carbonyl (C=O) groups excluding carboxylic acids is 2. The second-order valence-electron chi connectivity index (χ2n) is 8.97. The average Bonchev–Trinajstić information content (AvgIpc) is 2.89. The summed E-state index contributed by atoms with van der Waals surface area (Å²) >= 11 is 1.40. The van der Waals surface area contributed by atoms with Crippen LogP contribution in [-0.4, -0.2) is 27.4 Å². The molecule has 0 aromatic heterocycles. The van der Waals surface area contributed by atoms with Gasteiger partial charge in [-0.2, -0.15) is 0 Å². The first-order valence-electron chi connectivity index (χ1n) is 11.4. The number of hydrogen-bond donors (Lipinski definition) is 1. The second kappa shape index (κ2) is 11.0. The van der Waals surface area contributed by atoms with Gasteiger partial charge >= 0.3 is 0 Å². The molecule has 3 atom stereocenters. The molecule has 0 saturated heterocycles. The molecule has 2 saturated carbocycles. The summed E-state index contributed by atoms with van der Waals surface area (Å²) in [5, 5.41) is 11.3. The van der Waals surface area contributed by atoms with Crippen LogP contribution in [-0.2, 0) is 9.59 Å². The first-order valence-corrected chi connectivity index (χ1v) is 12.4. The summed E-state index contributed by atoms with van der Waals surface area (Å²) in [7, 11) is 0. The van der Waals surface area contributed by atoms with E-state index >= 15 is 0 Å². The van der Waals surface area contributed by atoms with Crippen LogP contribution in [0.15, 0.2) is 0 Å². The average molecular weight is 397 g/mol. The van der Waals surface area contributed by atoms with E-state index in [0.717, 1.165) is 31.4 Å². The van der Waals surface area contributed by atoms with Crippen LogP contribution < -0.4 is 0 Å². The molecule has 1 N–H and O–H groups in total. The highest BCUT2D eigenvalue weighted by molar-refractivity contribution is 8.13. The standard InChI is InChI=1S/C23H40O3S/c1-3-4-5-6-7-8-9-10-11-12-18-27-21(25)19-14-13-16-22(2)20(24)15-17-23(19,22)26/h19,26H,3-18H2,1-2H3/t19-,22-,23+/m0/s1. The van der Waals surface area contributed by atoms with Gasteiger partial charge in [0.05, 0.1) is 16.9 Å². The smallest absolute Gasteiger partial charge is 0.194 e. The summed E-state index contributed by atoms with van der Waals surface area (Å²) in [4.78, 5) is 25.0. The highest BCUT2D eigenvalue weighted by Gasteiger charge is 2.62. The molecule has 2 aliphatic rings. The van der Waals surface area contributed by atoms with E-state index in [1.165, 1.54) is 69.5 Å². The van der Waals surface area contributed by atoms with Gasteiger partial charge < -0.3 is 5.11 Å². The number of unbranched alkanes of at least 4 members (excludes halogenated alkanes) is 9. The zero-order valence-corrected chi connectivity index (χ0v) is 18.4. The van der Waals surface area contributed by atoms with E-state index in [0.29, 0.717) is 12.8 Å². The lowest BCUT2D eigenvalue weighted by atomic mass is 9.61. The molecular formula is C23H40O3S. The Kier molecular flexibility index (Phi) is 9.34. The van der Waals surface area contributed by atoms with Crippen molar-refractivity contribution in [2.24, 2.45) is 11.3 Å². The van der Waals surface area contributed by atoms with Crippen LogP contribution in [0.5, 0.6) is 0 Å². The number of fused-ring (bicyclic) bond motifs is 1. The van der Waals surface area contributed by atoms with E-state index in [1.54, 1.807) is 0 Å². The van der Waals surface area contributed by atoms with Crippen LogP contribution in [0.25, 0.3) is 0 Å². The quantitative estimate of drug-likeness (QED) is 0.407. The summed E-state index contributed by atoms with van der Waals surface area (Å²) in [6.07, 6.45) is 16.2. The fourth-order valence-electron chi connectivity index (χ4n) is 5.09. The Morgan fingerprint density at radius 2 is 1.63 bits per heavy atom. The van der Waals surface area contributed by atoms with Crippen molar-refractivity contribution in [3.63, 3.8) is 0 Å². The minimum absolute atomic E-state index is 0.119. The Labute approximate surface area is 170 Å². The SMILES string of the molecule is CCCCCCCCCCCCSC(=O)[C@@H]1CCC[C@@]2(C)C(=O)CC[C@@]12O. The highest BCUT2D eigenvalue weighted by Crippen LogP contribution is 2.56. The maximum Gasteiger partial charge on any atom is 0.194 e. The number of Topliss-reactive ketones (excluding diaryl/α,β-unsaturated/α-hetero) is 1. The summed E-state index contributed by atoms with van der Waals surface area (Å²) in [6.45, 7) is 4.14. The van der Waals surface area contributed by atoms with Gasteiger partial charge in [-0.15, -0.1) is 0 Å². The van der Waals surface area contributed by atoms with Crippen molar-refractivity contribution in [3.8, 4) is 0 Å². The van der Waals surface area contributed by atoms with Gasteiger partial charge in [0.2, 0.25) is 0 Å². The molecule has 0 amide bonds. The lowest BCUT2D eigenvalue weighted by molar-refractivity contribution is -0.156. The van der Waals surface area contributed by atoms with Crippen molar-refractivity contribution in [2.75, 3.05) is 5.75 Å². The number of ketones is 1. The van der Waals surface area contributed by atoms with E-state index in [4.69, 9.17) is 0 Å². The molecular weight excluding hydrogens is 356 g/mol. The molecule has 2 fully saturated rings. The molecule has 0 unspecified atom stereocenters. The molecule has 0 bridgehead atoms. The molecule has 0 spiro atoms. The largest absolute Gasteiger partial charge is 0.388 e. The predicted molar refractivity (Wildman–Crippen MR) is 114 cm³/mol. The van der Waals surface area contributed by atoms with Gasteiger partial charge in [0.25, 0.3) is 0 Å². The maximum absolute atomic E-state index is 12.7. The van der Waals surface area contributed by atoms with Crippen molar-refractivity contribution >= 4 is 22.7 Å². The van der Waals surface area contributed by atoms with E-state index in [-0.39, 0.29) is 16.8 Å². The summed E-state index contributed by atoms with van der Waals surface area (Å²) in [5.41, 5.74) is -1.78. The minimum Gasteiger partial charge on any atom is -0.388 e. The molecule has 0 radical (unpaired) electrons. The molecule has 27 heavy (non-hydrogen) atoms. The summed E-state index contributed by atoms with van der Waals surface area (Å²) in [6, 6.07) is 0. The molecule has 0 aromatic rings. The number of hydrogen-bond acceptors (Lipinski definition) is 4. The molecule has 0 aromatic carbocycles. The Hall–Kier alpha value is -0.350. The summed E-state index contributed by atoms with van der Waals surface area (Å²) in [5.74, 6) is 0.657. The molecule has 2 aliphatic carbocycles. The van der Waals surface area contributed by atoms with Crippen molar-refractivity contribution in [2.45, 2.75) is 116 Å². The first kappa shape index (κ1) is 22.9. The Morgan fingerprint density at radius 1 is 1.04 bits per heavy atom. The lowest BCUT2D eigenvalue weighted by Gasteiger charge is -2.47. The first-order chi connectivity index (χ1) is 13.0. The minimum atomic E-state index is -1.09. The third-order valence-electron chi connectivity index (χ3n) is 7.08. The van der Waals surface area contributed by atoms with Gasteiger partial charge in [0, 0.05) is 12.2 Å². The van der Waals surface area contributed by atoms with Crippen LogP contribution in [0.1, 0.15) is 110 Å². The summed E-state index contributed by atoms with van der Waals surface area (Å²) < 4.78 is 0. The van der Waals surface area contributed by atoms with Gasteiger partial charge in [-0.05, 0) is 32.6 Å². The number of thioether (sulfide) groups is 1. The third kappa shape index (κ3) is 5.59. The maximum atomic E-state index is 12.7. The zero-order chi connectivity index (χ0) is 19.8. The van der Waals surface area contributed by atoms with Crippen molar-refractivity contribution < 1.29 is 14.7 Å². The molecule has 0 heterocycles. The monoisotopic (exact) mass is 396 g/mol. The van der Waals surface area contributed by atoms with E-state index < -0.39 is 11.0 Å². The van der Waals surface area contributed by atoms with E-state index in [1.807, 2.05) is 6.92 Å². The lowest BCUT2D eigenvalue weighted by Crippen LogP contribution is -2.55. The second-order valence-corrected chi connectivity index (χ2v) is 10.1. The number of carbonyl (C=O) groups is 2. The fraction of sp³-hybridized carbons (Fsp3) is 0.913. The van der Waals surface area contributed by atoms with Gasteiger partial charge in [-0.1, -0.05) is 82.9 Å². The van der Waals surface area contributed by atoms with E-state index in [2.05, 4.69) is 6.92 Å². The molecule has 0 aliphatic heterocycles. The topological polar surface area (TPSA) is 54.4 Å². The highest BCUT2D eigenvalue weighted by atomic mass is 32.2. The third-order valence-corrected chi connectivity index (χ3v) is 8.14. The number of aliphatic hydroxyl groups is 1. The van der Waals surface area contributed by atoms with Crippen LogP contribution in [0.2, 0.25) is 0 Å². The predicted octanol–water partition coefficient (Wildman–Crippen LogP) is 6.07. The molecule has 3 nitrogen and oxygen atoms in total. The van der Waals surface area contributed by atoms with Gasteiger partial charge in [-0.25, -0.2) is 0 Å². The van der Waals surface area contributed by atoms with Gasteiger partial charge in [0.1, 0.15) is 5.78 Å². The van der Waals surface area contributed by atoms with Gasteiger partial charge in [-0.3, -0.25) is 9.59 Å². The van der Waals surface area contributed by atoms with Crippen LogP contribution >= 0.6 is 11.8 Å². The number of rotatable bonds is 12. The van der Waals surface area contributed by atoms with Crippen molar-refractivity contribution in [3.05, 3.63) is 0 Å². The van der Waals surface area contributed by atoms with E-state index in [9.17, 15) is 14.7 Å². The van der Waals surface area contributed by atoms with Crippen LogP contribution in [0, 0.1) is 11.3 Å². The zero-order valence-electron chi connectivity index (χ0n) is 17.6. The normalized spacial score (nSPS) is 30.5. The van der Waals surface area contributed by atoms with Crippen molar-refractivity contribution in [1.82, 2.24) is 0 Å². The van der Waals surface area contributed by atoms with Gasteiger partial charge in [0.15, 0.2) is 5.12 Å².